The first-order valence-electron chi connectivity index (χ1n) is 6.46. The SMILES string of the molecule is Nc1ncccc1N1CCN(c2ccccn2)CC1. The zero-order valence-electron chi connectivity index (χ0n) is 10.7. The number of hydrogen-bond acceptors (Lipinski definition) is 5. The normalized spacial score (nSPS) is 15.6. The number of rotatable bonds is 2. The molecule has 5 nitrogen and oxygen atoms in total. The lowest BCUT2D eigenvalue weighted by Gasteiger charge is -2.36. The molecule has 2 aromatic heterocycles. The second-order valence-corrected chi connectivity index (χ2v) is 4.57. The molecule has 19 heavy (non-hydrogen) atoms. The Kier molecular flexibility index (Phi) is 3.18. The molecule has 98 valence electrons. The van der Waals surface area contributed by atoms with Gasteiger partial charge in [-0.1, -0.05) is 6.07 Å². The highest BCUT2D eigenvalue weighted by atomic mass is 15.3. The van der Waals surface area contributed by atoms with E-state index in [-0.39, 0.29) is 0 Å². The van der Waals surface area contributed by atoms with E-state index in [1.807, 2.05) is 36.5 Å². The lowest BCUT2D eigenvalue weighted by molar-refractivity contribution is 0.647. The Morgan fingerprint density at radius 1 is 0.842 bits per heavy atom. The average Bonchev–Trinajstić information content (AvgIpc) is 2.49. The van der Waals surface area contributed by atoms with E-state index < -0.39 is 0 Å². The molecule has 0 amide bonds. The fraction of sp³-hybridized carbons (Fsp3) is 0.286. The summed E-state index contributed by atoms with van der Waals surface area (Å²) in [7, 11) is 0. The smallest absolute Gasteiger partial charge is 0.146 e. The van der Waals surface area contributed by atoms with Gasteiger partial charge < -0.3 is 15.5 Å². The van der Waals surface area contributed by atoms with E-state index in [1.165, 1.54) is 0 Å². The Balaban J connectivity index is 1.69. The van der Waals surface area contributed by atoms with E-state index in [0.29, 0.717) is 5.82 Å². The van der Waals surface area contributed by atoms with Crippen LogP contribution in [0.3, 0.4) is 0 Å². The molecular formula is C14H17N5. The Hall–Kier alpha value is -2.30. The van der Waals surface area contributed by atoms with Crippen LogP contribution in [0.2, 0.25) is 0 Å². The van der Waals surface area contributed by atoms with Crippen LogP contribution in [0.15, 0.2) is 42.7 Å². The standard InChI is InChI=1S/C14H17N5/c15-14-12(4-3-7-17-14)18-8-10-19(11-9-18)13-5-1-2-6-16-13/h1-7H,8-11H2,(H2,15,17). The summed E-state index contributed by atoms with van der Waals surface area (Å²) in [5, 5.41) is 0. The summed E-state index contributed by atoms with van der Waals surface area (Å²) in [5.74, 6) is 1.65. The molecule has 0 atom stereocenters. The van der Waals surface area contributed by atoms with E-state index in [2.05, 4.69) is 19.8 Å². The minimum Gasteiger partial charge on any atom is -0.382 e. The van der Waals surface area contributed by atoms with Crippen molar-refractivity contribution in [2.75, 3.05) is 41.7 Å². The van der Waals surface area contributed by atoms with E-state index in [4.69, 9.17) is 5.73 Å². The summed E-state index contributed by atoms with van der Waals surface area (Å²) in [6, 6.07) is 9.97. The van der Waals surface area contributed by atoms with Crippen molar-refractivity contribution in [1.29, 1.82) is 0 Å². The van der Waals surface area contributed by atoms with Crippen molar-refractivity contribution >= 4 is 17.3 Å². The number of nitrogens with two attached hydrogens (primary N) is 1. The number of nitrogen functional groups attached to an aromatic ring is 1. The molecule has 1 aliphatic heterocycles. The van der Waals surface area contributed by atoms with Crippen LogP contribution in [0.4, 0.5) is 17.3 Å². The maximum atomic E-state index is 5.92. The molecule has 1 saturated heterocycles. The maximum Gasteiger partial charge on any atom is 0.146 e. The van der Waals surface area contributed by atoms with Gasteiger partial charge >= 0.3 is 0 Å². The molecule has 0 bridgehead atoms. The number of nitrogens with zero attached hydrogens (tertiary/aromatic N) is 4. The lowest BCUT2D eigenvalue weighted by atomic mass is 10.2. The molecule has 1 aliphatic rings. The number of anilines is 3. The first-order valence-corrected chi connectivity index (χ1v) is 6.46. The second kappa shape index (κ2) is 5.14. The van der Waals surface area contributed by atoms with Crippen molar-refractivity contribution in [1.82, 2.24) is 9.97 Å². The largest absolute Gasteiger partial charge is 0.382 e. The first-order chi connectivity index (χ1) is 9.34. The predicted octanol–water partition coefficient (Wildman–Crippen LogP) is 1.39. The molecular weight excluding hydrogens is 238 g/mol. The molecule has 0 aliphatic carbocycles. The van der Waals surface area contributed by atoms with Gasteiger partial charge in [-0.2, -0.15) is 0 Å². The Morgan fingerprint density at radius 2 is 1.58 bits per heavy atom. The molecule has 0 radical (unpaired) electrons. The zero-order chi connectivity index (χ0) is 13.1. The van der Waals surface area contributed by atoms with Gasteiger partial charge in [0.25, 0.3) is 0 Å². The molecule has 0 spiro atoms. The van der Waals surface area contributed by atoms with Crippen LogP contribution in [0, 0.1) is 0 Å². The summed E-state index contributed by atoms with van der Waals surface area (Å²) in [6.45, 7) is 3.77. The fourth-order valence-corrected chi connectivity index (χ4v) is 2.39. The van der Waals surface area contributed by atoms with Gasteiger partial charge in [-0.25, -0.2) is 9.97 Å². The molecule has 3 heterocycles. The van der Waals surface area contributed by atoms with Gasteiger partial charge in [0, 0.05) is 38.6 Å². The van der Waals surface area contributed by atoms with Gasteiger partial charge in [-0.05, 0) is 24.3 Å². The fourth-order valence-electron chi connectivity index (χ4n) is 2.39. The van der Waals surface area contributed by atoms with Crippen LogP contribution >= 0.6 is 0 Å². The van der Waals surface area contributed by atoms with Crippen LogP contribution in [-0.4, -0.2) is 36.1 Å². The number of aromatic nitrogens is 2. The number of hydrogen-bond donors (Lipinski definition) is 1. The first kappa shape index (κ1) is 11.8. The van der Waals surface area contributed by atoms with Crippen molar-refractivity contribution in [3.8, 4) is 0 Å². The molecule has 0 aromatic carbocycles. The van der Waals surface area contributed by atoms with E-state index in [1.54, 1.807) is 6.20 Å². The summed E-state index contributed by atoms with van der Waals surface area (Å²) in [6.07, 6.45) is 3.56. The zero-order valence-corrected chi connectivity index (χ0v) is 10.7. The Morgan fingerprint density at radius 3 is 2.26 bits per heavy atom. The van der Waals surface area contributed by atoms with Gasteiger partial charge in [-0.3, -0.25) is 0 Å². The van der Waals surface area contributed by atoms with Crippen molar-refractivity contribution in [2.45, 2.75) is 0 Å². The lowest BCUT2D eigenvalue weighted by Crippen LogP contribution is -2.47. The van der Waals surface area contributed by atoms with Gasteiger partial charge in [0.1, 0.15) is 11.6 Å². The minimum absolute atomic E-state index is 0.605. The van der Waals surface area contributed by atoms with Gasteiger partial charge in [0.2, 0.25) is 0 Å². The third-order valence-corrected chi connectivity index (χ3v) is 3.41. The van der Waals surface area contributed by atoms with Crippen molar-refractivity contribution in [3.05, 3.63) is 42.7 Å². The average molecular weight is 255 g/mol. The highest BCUT2D eigenvalue weighted by molar-refractivity contribution is 5.63. The summed E-state index contributed by atoms with van der Waals surface area (Å²) in [5.41, 5.74) is 6.95. The van der Waals surface area contributed by atoms with Crippen LogP contribution < -0.4 is 15.5 Å². The predicted molar refractivity (Wildman–Crippen MR) is 77.3 cm³/mol. The van der Waals surface area contributed by atoms with Crippen molar-refractivity contribution in [2.24, 2.45) is 0 Å². The Labute approximate surface area is 112 Å². The monoisotopic (exact) mass is 255 g/mol. The molecule has 5 heteroatoms. The molecule has 1 fully saturated rings. The number of piperazine rings is 1. The van der Waals surface area contributed by atoms with Crippen LogP contribution in [0.1, 0.15) is 0 Å². The van der Waals surface area contributed by atoms with Gasteiger partial charge in [0.05, 0.1) is 5.69 Å². The van der Waals surface area contributed by atoms with E-state index in [0.717, 1.165) is 37.7 Å². The van der Waals surface area contributed by atoms with Gasteiger partial charge in [0.15, 0.2) is 0 Å². The topological polar surface area (TPSA) is 58.3 Å². The van der Waals surface area contributed by atoms with Gasteiger partial charge in [-0.15, -0.1) is 0 Å². The van der Waals surface area contributed by atoms with Crippen LogP contribution in [0.25, 0.3) is 0 Å². The molecule has 0 saturated carbocycles. The van der Waals surface area contributed by atoms with Crippen LogP contribution in [-0.2, 0) is 0 Å². The summed E-state index contributed by atoms with van der Waals surface area (Å²) < 4.78 is 0. The Bertz CT molecular complexity index is 535. The minimum atomic E-state index is 0.605. The number of pyridine rings is 2. The third-order valence-electron chi connectivity index (χ3n) is 3.41. The summed E-state index contributed by atoms with van der Waals surface area (Å²) in [4.78, 5) is 13.1. The van der Waals surface area contributed by atoms with Crippen molar-refractivity contribution < 1.29 is 0 Å². The van der Waals surface area contributed by atoms with E-state index in [9.17, 15) is 0 Å². The highest BCUT2D eigenvalue weighted by Gasteiger charge is 2.19. The highest BCUT2D eigenvalue weighted by Crippen LogP contribution is 2.22. The molecule has 2 N–H and O–H groups in total. The molecule has 3 rings (SSSR count). The quantitative estimate of drug-likeness (QED) is 0.878. The molecule has 0 unspecified atom stereocenters. The third kappa shape index (κ3) is 2.45. The molecule has 2 aromatic rings. The summed E-state index contributed by atoms with van der Waals surface area (Å²) >= 11 is 0. The van der Waals surface area contributed by atoms with E-state index >= 15 is 0 Å². The van der Waals surface area contributed by atoms with Crippen molar-refractivity contribution in [3.63, 3.8) is 0 Å². The second-order valence-electron chi connectivity index (χ2n) is 4.57. The maximum absolute atomic E-state index is 5.92. The van der Waals surface area contributed by atoms with Crippen LogP contribution in [0.5, 0.6) is 0 Å².